The Bertz CT molecular complexity index is 758. The Labute approximate surface area is 163 Å². The number of anilines is 1. The lowest BCUT2D eigenvalue weighted by atomic mass is 10.1. The third-order valence-electron chi connectivity index (χ3n) is 3.93. The van der Waals surface area contributed by atoms with Gasteiger partial charge < -0.3 is 10.6 Å². The molecule has 0 saturated carbocycles. The van der Waals surface area contributed by atoms with Gasteiger partial charge in [-0.25, -0.2) is 0 Å². The van der Waals surface area contributed by atoms with E-state index in [-0.39, 0.29) is 18.2 Å². The van der Waals surface area contributed by atoms with E-state index in [1.54, 1.807) is 42.5 Å². The molecule has 2 rings (SSSR count). The van der Waals surface area contributed by atoms with Gasteiger partial charge in [-0.15, -0.1) is 0 Å². The van der Waals surface area contributed by atoms with Crippen molar-refractivity contribution < 1.29 is 9.59 Å². The zero-order valence-electron chi connectivity index (χ0n) is 14.6. The molecule has 138 valence electrons. The van der Waals surface area contributed by atoms with E-state index in [0.717, 1.165) is 18.4 Å². The number of halogens is 2. The van der Waals surface area contributed by atoms with Gasteiger partial charge in [-0.05, 0) is 42.7 Å². The molecular formula is C20H22Cl2N2O2. The molecule has 2 amide bonds. The minimum absolute atomic E-state index is 0.191. The van der Waals surface area contributed by atoms with Crippen molar-refractivity contribution in [2.24, 2.45) is 0 Å². The van der Waals surface area contributed by atoms with Crippen LogP contribution >= 0.6 is 23.2 Å². The van der Waals surface area contributed by atoms with Gasteiger partial charge >= 0.3 is 0 Å². The largest absolute Gasteiger partial charge is 0.352 e. The molecule has 0 aliphatic carbocycles. The number of unbranched alkanes of at least 4 members (excludes halogenated alkanes) is 1. The first kappa shape index (κ1) is 20.3. The SMILES string of the molecule is CCCCNC(=O)c1ccccc1NC(=O)CCc1c(Cl)cccc1Cl. The molecule has 4 nitrogen and oxygen atoms in total. The fourth-order valence-electron chi connectivity index (χ4n) is 2.49. The van der Waals surface area contributed by atoms with Crippen LogP contribution in [-0.2, 0) is 11.2 Å². The molecule has 26 heavy (non-hydrogen) atoms. The lowest BCUT2D eigenvalue weighted by Crippen LogP contribution is -2.26. The molecule has 0 aromatic heterocycles. The lowest BCUT2D eigenvalue weighted by Gasteiger charge is -2.12. The van der Waals surface area contributed by atoms with Gasteiger partial charge in [-0.1, -0.05) is 54.7 Å². The van der Waals surface area contributed by atoms with Crippen LogP contribution in [0.15, 0.2) is 42.5 Å². The Morgan fingerprint density at radius 1 is 1.00 bits per heavy atom. The quantitative estimate of drug-likeness (QED) is 0.614. The number of para-hydroxylation sites is 1. The Morgan fingerprint density at radius 2 is 1.69 bits per heavy atom. The fourth-order valence-corrected chi connectivity index (χ4v) is 3.07. The number of benzene rings is 2. The highest BCUT2D eigenvalue weighted by atomic mass is 35.5. The van der Waals surface area contributed by atoms with E-state index in [1.807, 2.05) is 0 Å². The summed E-state index contributed by atoms with van der Waals surface area (Å²) in [6.07, 6.45) is 2.56. The molecule has 0 spiro atoms. The van der Waals surface area contributed by atoms with Gasteiger partial charge in [-0.2, -0.15) is 0 Å². The van der Waals surface area contributed by atoms with Crippen LogP contribution in [0, 0.1) is 0 Å². The maximum atomic E-state index is 12.3. The second-order valence-corrected chi connectivity index (χ2v) is 6.72. The van der Waals surface area contributed by atoms with Crippen molar-refractivity contribution in [1.29, 1.82) is 0 Å². The third-order valence-corrected chi connectivity index (χ3v) is 4.63. The van der Waals surface area contributed by atoms with Gasteiger partial charge in [0, 0.05) is 23.0 Å². The van der Waals surface area contributed by atoms with Crippen molar-refractivity contribution >= 4 is 40.7 Å². The first-order valence-electron chi connectivity index (χ1n) is 8.63. The summed E-state index contributed by atoms with van der Waals surface area (Å²) in [6, 6.07) is 12.2. The minimum Gasteiger partial charge on any atom is -0.352 e. The molecule has 2 aromatic rings. The second kappa shape index (κ2) is 10.2. The van der Waals surface area contributed by atoms with E-state index in [0.29, 0.717) is 34.3 Å². The first-order valence-corrected chi connectivity index (χ1v) is 9.38. The Hall–Kier alpha value is -2.04. The van der Waals surface area contributed by atoms with Crippen LogP contribution in [0.25, 0.3) is 0 Å². The summed E-state index contributed by atoms with van der Waals surface area (Å²) in [7, 11) is 0. The second-order valence-electron chi connectivity index (χ2n) is 5.90. The van der Waals surface area contributed by atoms with Crippen molar-refractivity contribution in [3.63, 3.8) is 0 Å². The van der Waals surface area contributed by atoms with Crippen LogP contribution in [0.1, 0.15) is 42.1 Å². The van der Waals surface area contributed by atoms with Gasteiger partial charge in [0.05, 0.1) is 11.3 Å². The van der Waals surface area contributed by atoms with Crippen molar-refractivity contribution in [3.05, 3.63) is 63.6 Å². The Balaban J connectivity index is 2.00. The average Bonchev–Trinajstić information content (AvgIpc) is 2.62. The van der Waals surface area contributed by atoms with Gasteiger partial charge in [0.25, 0.3) is 5.91 Å². The van der Waals surface area contributed by atoms with Crippen LogP contribution in [0.4, 0.5) is 5.69 Å². The normalized spacial score (nSPS) is 10.4. The number of rotatable bonds is 8. The molecule has 6 heteroatoms. The lowest BCUT2D eigenvalue weighted by molar-refractivity contribution is -0.116. The molecular weight excluding hydrogens is 371 g/mol. The van der Waals surface area contributed by atoms with E-state index < -0.39 is 0 Å². The minimum atomic E-state index is -0.199. The van der Waals surface area contributed by atoms with E-state index in [4.69, 9.17) is 23.2 Å². The Kier molecular flexibility index (Phi) is 7.95. The van der Waals surface area contributed by atoms with Crippen molar-refractivity contribution in [3.8, 4) is 0 Å². The van der Waals surface area contributed by atoms with Gasteiger partial charge in [-0.3, -0.25) is 9.59 Å². The standard InChI is InChI=1S/C20H22Cl2N2O2/c1-2-3-13-23-20(26)15-7-4-5-10-18(15)24-19(25)12-11-14-16(21)8-6-9-17(14)22/h4-10H,2-3,11-13H2,1H3,(H,23,26)(H,24,25). The van der Waals surface area contributed by atoms with Gasteiger partial charge in [0.15, 0.2) is 0 Å². The summed E-state index contributed by atoms with van der Waals surface area (Å²) in [6.45, 7) is 2.67. The number of carbonyl (C=O) groups is 2. The summed E-state index contributed by atoms with van der Waals surface area (Å²) >= 11 is 12.3. The molecule has 2 aromatic carbocycles. The summed E-state index contributed by atoms with van der Waals surface area (Å²) in [4.78, 5) is 24.6. The summed E-state index contributed by atoms with van der Waals surface area (Å²) in [5.74, 6) is -0.390. The highest BCUT2D eigenvalue weighted by Gasteiger charge is 2.14. The number of amides is 2. The molecule has 0 unspecified atom stereocenters. The van der Waals surface area contributed by atoms with Crippen molar-refractivity contribution in [2.45, 2.75) is 32.6 Å². The van der Waals surface area contributed by atoms with Crippen LogP contribution < -0.4 is 10.6 Å². The van der Waals surface area contributed by atoms with Gasteiger partial charge in [0.1, 0.15) is 0 Å². The number of nitrogens with one attached hydrogen (secondary N) is 2. The number of carbonyl (C=O) groups excluding carboxylic acids is 2. The fraction of sp³-hybridized carbons (Fsp3) is 0.300. The number of hydrogen-bond donors (Lipinski definition) is 2. The number of hydrogen-bond acceptors (Lipinski definition) is 2. The highest BCUT2D eigenvalue weighted by molar-refractivity contribution is 6.36. The zero-order valence-corrected chi connectivity index (χ0v) is 16.2. The zero-order chi connectivity index (χ0) is 18.9. The van der Waals surface area contributed by atoms with Crippen molar-refractivity contribution in [2.75, 3.05) is 11.9 Å². The summed E-state index contributed by atoms with van der Waals surface area (Å²) < 4.78 is 0. The van der Waals surface area contributed by atoms with E-state index in [2.05, 4.69) is 17.6 Å². The van der Waals surface area contributed by atoms with E-state index in [9.17, 15) is 9.59 Å². The maximum Gasteiger partial charge on any atom is 0.253 e. The highest BCUT2D eigenvalue weighted by Crippen LogP contribution is 2.25. The molecule has 0 bridgehead atoms. The van der Waals surface area contributed by atoms with Crippen LogP contribution in [0.5, 0.6) is 0 Å². The predicted octanol–water partition coefficient (Wildman–Crippen LogP) is 5.09. The molecule has 0 atom stereocenters. The predicted molar refractivity (Wildman–Crippen MR) is 107 cm³/mol. The first-order chi connectivity index (χ1) is 12.5. The maximum absolute atomic E-state index is 12.3. The third kappa shape index (κ3) is 5.75. The molecule has 0 fully saturated rings. The molecule has 0 heterocycles. The van der Waals surface area contributed by atoms with Gasteiger partial charge in [0.2, 0.25) is 5.91 Å². The van der Waals surface area contributed by atoms with Crippen LogP contribution in [0.3, 0.4) is 0 Å². The summed E-state index contributed by atoms with van der Waals surface area (Å²) in [5.41, 5.74) is 1.70. The molecule has 0 radical (unpaired) electrons. The van der Waals surface area contributed by atoms with Crippen LogP contribution in [0.2, 0.25) is 10.0 Å². The monoisotopic (exact) mass is 392 g/mol. The molecule has 0 aliphatic heterocycles. The Morgan fingerprint density at radius 3 is 2.38 bits per heavy atom. The smallest absolute Gasteiger partial charge is 0.253 e. The van der Waals surface area contributed by atoms with E-state index >= 15 is 0 Å². The summed E-state index contributed by atoms with van der Waals surface area (Å²) in [5, 5.41) is 6.75. The topological polar surface area (TPSA) is 58.2 Å². The van der Waals surface area contributed by atoms with Crippen molar-refractivity contribution in [1.82, 2.24) is 5.32 Å². The molecule has 0 aliphatic rings. The average molecular weight is 393 g/mol. The van der Waals surface area contributed by atoms with E-state index in [1.165, 1.54) is 0 Å². The molecule has 0 saturated heterocycles. The molecule has 2 N–H and O–H groups in total. The van der Waals surface area contributed by atoms with Crippen LogP contribution in [-0.4, -0.2) is 18.4 Å².